The van der Waals surface area contributed by atoms with Crippen molar-refractivity contribution in [1.82, 2.24) is 20.1 Å². The molecule has 3 aliphatic heterocycles. The van der Waals surface area contributed by atoms with Gasteiger partial charge in [0.2, 0.25) is 5.91 Å². The molecule has 1 aliphatic carbocycles. The van der Waals surface area contributed by atoms with Gasteiger partial charge in [0.25, 0.3) is 0 Å². The maximum Gasteiger partial charge on any atom is 0.339 e. The fourth-order valence-electron chi connectivity index (χ4n) is 5.43. The fourth-order valence-corrected chi connectivity index (χ4v) is 5.43. The monoisotopic (exact) mass is 508 g/mol. The van der Waals surface area contributed by atoms with Gasteiger partial charge in [-0.05, 0) is 29.7 Å². The summed E-state index contributed by atoms with van der Waals surface area (Å²) in [4.78, 5) is 44.6. The lowest BCUT2D eigenvalue weighted by Gasteiger charge is -2.44. The number of amides is 3. The maximum absolute atomic E-state index is 14.5. The van der Waals surface area contributed by atoms with Crippen molar-refractivity contribution in [2.45, 2.75) is 45.0 Å². The molecule has 1 unspecified atom stereocenters. The third-order valence-corrected chi connectivity index (χ3v) is 7.32. The Morgan fingerprint density at radius 2 is 2.16 bits per heavy atom. The molecule has 0 saturated carbocycles. The van der Waals surface area contributed by atoms with Crippen LogP contribution in [0.25, 0.3) is 22.6 Å². The predicted octanol–water partition coefficient (Wildman–Crippen LogP) is 1.83. The lowest BCUT2D eigenvalue weighted by molar-refractivity contribution is -0.172. The molecule has 10 nitrogen and oxygen atoms in total. The molecule has 6 rings (SSSR count). The Labute approximate surface area is 211 Å². The van der Waals surface area contributed by atoms with Crippen molar-refractivity contribution in [2.75, 3.05) is 20.1 Å². The molecule has 37 heavy (non-hydrogen) atoms. The number of aliphatic hydroxyl groups excluding tert-OH is 1. The lowest BCUT2D eigenvalue weighted by Crippen LogP contribution is -2.63. The van der Waals surface area contributed by atoms with E-state index in [9.17, 15) is 23.9 Å². The van der Waals surface area contributed by atoms with Gasteiger partial charge in [-0.15, -0.1) is 0 Å². The first kappa shape index (κ1) is 23.6. The molecular formula is C26H25FN4O6. The molecule has 0 bridgehead atoms. The number of carbonyl (C=O) groups is 3. The van der Waals surface area contributed by atoms with Crippen LogP contribution in [0, 0.1) is 12.7 Å². The summed E-state index contributed by atoms with van der Waals surface area (Å²) in [5, 5.41) is 13.9. The Bertz CT molecular complexity index is 1440. The summed E-state index contributed by atoms with van der Waals surface area (Å²) >= 11 is 0. The number of hydrogen-bond acceptors (Lipinski definition) is 7. The highest BCUT2D eigenvalue weighted by Crippen LogP contribution is 2.56. The molecule has 3 amide bonds. The number of aromatic nitrogens is 1. The van der Waals surface area contributed by atoms with Crippen molar-refractivity contribution < 1.29 is 33.4 Å². The van der Waals surface area contributed by atoms with E-state index in [0.29, 0.717) is 23.2 Å². The SMILES string of the molecule is CCC(=O)NCOC/C=C/c1c2c(nc3cc(F)c(C)cc13)C1=C3C4[C@H](O)C(=O)OCN4C(=O)N(C2)[C@H]13. The van der Waals surface area contributed by atoms with E-state index in [0.717, 1.165) is 27.7 Å². The molecule has 4 aliphatic rings. The number of pyridine rings is 1. The zero-order chi connectivity index (χ0) is 26.0. The summed E-state index contributed by atoms with van der Waals surface area (Å²) in [5.74, 6) is -1.25. The zero-order valence-electron chi connectivity index (χ0n) is 20.3. The van der Waals surface area contributed by atoms with Crippen molar-refractivity contribution >= 4 is 40.5 Å². The molecular weight excluding hydrogens is 483 g/mol. The number of aliphatic hydroxyl groups is 1. The van der Waals surface area contributed by atoms with Crippen LogP contribution in [0.15, 0.2) is 23.8 Å². The number of benzene rings is 1. The van der Waals surface area contributed by atoms with Gasteiger partial charge in [-0.3, -0.25) is 9.69 Å². The summed E-state index contributed by atoms with van der Waals surface area (Å²) in [6.45, 7) is 3.77. The van der Waals surface area contributed by atoms with Crippen LogP contribution < -0.4 is 5.32 Å². The third-order valence-electron chi connectivity index (χ3n) is 7.32. The van der Waals surface area contributed by atoms with E-state index in [1.54, 1.807) is 30.9 Å². The minimum Gasteiger partial charge on any atom is -0.442 e. The van der Waals surface area contributed by atoms with Crippen LogP contribution in [0.2, 0.25) is 0 Å². The second kappa shape index (κ2) is 8.63. The molecule has 2 N–H and O–H groups in total. The number of fused-ring (bicyclic) bond motifs is 5. The number of nitrogens with zero attached hydrogens (tertiary/aromatic N) is 3. The van der Waals surface area contributed by atoms with E-state index >= 15 is 0 Å². The van der Waals surface area contributed by atoms with Gasteiger partial charge in [0, 0.05) is 29.0 Å². The van der Waals surface area contributed by atoms with Crippen LogP contribution >= 0.6 is 0 Å². The number of cyclic esters (lactones) is 1. The Morgan fingerprint density at radius 3 is 2.95 bits per heavy atom. The molecule has 0 spiro atoms. The number of nitrogens with one attached hydrogen (secondary N) is 1. The standard InChI is InChI=1S/C26H25FN4O6/c1-3-18(32)28-10-36-6-4-5-13-14-7-12(2)16(27)8-17(14)29-21-15(13)9-30-22-19(21)20(22)23-24(33)25(34)37-11-31(23)26(30)35/h4-5,7-8,22-24,33H,3,6,9-11H2,1-2H3,(H,28,32)/b5-4+/t22-,23?,24+/m1/s1. The number of esters is 1. The normalized spacial score (nSPS) is 23.7. The number of hydrogen-bond donors (Lipinski definition) is 2. The van der Waals surface area contributed by atoms with Crippen LogP contribution in [-0.2, 0) is 25.6 Å². The smallest absolute Gasteiger partial charge is 0.339 e. The molecule has 2 fully saturated rings. The second-order valence-electron chi connectivity index (χ2n) is 9.48. The van der Waals surface area contributed by atoms with E-state index in [2.05, 4.69) is 5.32 Å². The Hall–Kier alpha value is -3.83. The van der Waals surface area contributed by atoms with Gasteiger partial charge in [0.15, 0.2) is 12.8 Å². The van der Waals surface area contributed by atoms with Gasteiger partial charge >= 0.3 is 12.0 Å². The minimum atomic E-state index is -1.47. The highest BCUT2D eigenvalue weighted by molar-refractivity contribution is 6.03. The summed E-state index contributed by atoms with van der Waals surface area (Å²) in [7, 11) is 0. The van der Waals surface area contributed by atoms with E-state index < -0.39 is 18.1 Å². The molecule has 1 aromatic heterocycles. The quantitative estimate of drug-likeness (QED) is 0.347. The number of carbonyl (C=O) groups excluding carboxylic acids is 3. The van der Waals surface area contributed by atoms with Gasteiger partial charge in [-0.2, -0.15) is 0 Å². The van der Waals surface area contributed by atoms with Crippen molar-refractivity contribution in [3.05, 3.63) is 52.0 Å². The molecule has 3 atom stereocenters. The highest BCUT2D eigenvalue weighted by Gasteiger charge is 2.62. The lowest BCUT2D eigenvalue weighted by atomic mass is 9.94. The van der Waals surface area contributed by atoms with Gasteiger partial charge in [0.05, 0.1) is 36.4 Å². The van der Waals surface area contributed by atoms with Gasteiger partial charge < -0.3 is 24.8 Å². The van der Waals surface area contributed by atoms with Crippen LogP contribution in [0.5, 0.6) is 0 Å². The fraction of sp³-hybridized carbons (Fsp3) is 0.385. The molecule has 0 radical (unpaired) electrons. The Balaban J connectivity index is 1.41. The van der Waals surface area contributed by atoms with Gasteiger partial charge in [-0.1, -0.05) is 19.1 Å². The maximum atomic E-state index is 14.5. The summed E-state index contributed by atoms with van der Waals surface area (Å²) in [6, 6.07) is 1.66. The van der Waals surface area contributed by atoms with Gasteiger partial charge in [-0.25, -0.2) is 19.0 Å². The second-order valence-corrected chi connectivity index (χ2v) is 9.48. The van der Waals surface area contributed by atoms with Crippen LogP contribution in [0.4, 0.5) is 9.18 Å². The molecule has 192 valence electrons. The van der Waals surface area contributed by atoms with Crippen LogP contribution in [-0.4, -0.2) is 76.1 Å². The average molecular weight is 509 g/mol. The topological polar surface area (TPSA) is 121 Å². The van der Waals surface area contributed by atoms with Crippen LogP contribution in [0.3, 0.4) is 0 Å². The molecule has 2 saturated heterocycles. The van der Waals surface area contributed by atoms with E-state index in [4.69, 9.17) is 14.5 Å². The first-order valence-electron chi connectivity index (χ1n) is 12.1. The number of halogens is 1. The van der Waals surface area contributed by atoms with Crippen molar-refractivity contribution in [2.24, 2.45) is 0 Å². The number of aryl methyl sites for hydroxylation is 1. The Morgan fingerprint density at radius 1 is 1.35 bits per heavy atom. The number of urea groups is 1. The Kier molecular flexibility index (Phi) is 5.50. The molecule has 11 heteroatoms. The molecule has 2 aromatic rings. The van der Waals surface area contributed by atoms with Crippen molar-refractivity contribution in [3.8, 4) is 0 Å². The van der Waals surface area contributed by atoms with E-state index in [1.807, 2.05) is 6.08 Å². The van der Waals surface area contributed by atoms with E-state index in [-0.39, 0.29) is 50.4 Å². The number of rotatable bonds is 6. The van der Waals surface area contributed by atoms with Crippen molar-refractivity contribution in [3.63, 3.8) is 0 Å². The molecule has 4 heterocycles. The van der Waals surface area contributed by atoms with Gasteiger partial charge in [0.1, 0.15) is 12.5 Å². The first-order chi connectivity index (χ1) is 17.8. The predicted molar refractivity (Wildman–Crippen MR) is 129 cm³/mol. The van der Waals surface area contributed by atoms with E-state index in [1.165, 1.54) is 11.0 Å². The first-order valence-corrected chi connectivity index (χ1v) is 12.1. The average Bonchev–Trinajstić information content (AvgIpc) is 3.62. The zero-order valence-corrected chi connectivity index (χ0v) is 20.3. The number of ether oxygens (including phenoxy) is 2. The third kappa shape index (κ3) is 3.60. The summed E-state index contributed by atoms with van der Waals surface area (Å²) in [5.41, 5.74) is 4.71. The van der Waals surface area contributed by atoms with Crippen molar-refractivity contribution in [1.29, 1.82) is 0 Å². The largest absolute Gasteiger partial charge is 0.442 e. The summed E-state index contributed by atoms with van der Waals surface area (Å²) < 4.78 is 25.0. The molecule has 1 aromatic carbocycles. The highest BCUT2D eigenvalue weighted by atomic mass is 19.1. The minimum absolute atomic E-state index is 0.0804. The summed E-state index contributed by atoms with van der Waals surface area (Å²) in [6.07, 6.45) is 2.56. The van der Waals surface area contributed by atoms with Crippen LogP contribution in [0.1, 0.15) is 35.7 Å².